The molecule has 5 nitrogen and oxygen atoms in total. The van der Waals surface area contributed by atoms with Crippen LogP contribution in [0.25, 0.3) is 0 Å². The lowest BCUT2D eigenvalue weighted by Gasteiger charge is -2.11. The number of aliphatic hydroxyl groups is 1. The molecule has 1 rings (SSSR count). The van der Waals surface area contributed by atoms with Crippen molar-refractivity contribution in [2.75, 3.05) is 19.8 Å². The standard InChI is InChI=1S/C12H23N3O2/c1-3-4-7-17-10-12(16)9-13-8-11-5-6-15(2)14-11/h5-6,12-13,16H,3-4,7-10H2,1-2H3. The van der Waals surface area contributed by atoms with E-state index >= 15 is 0 Å². The zero-order valence-electron chi connectivity index (χ0n) is 10.7. The van der Waals surface area contributed by atoms with Crippen molar-refractivity contribution in [1.29, 1.82) is 0 Å². The Kier molecular flexibility index (Phi) is 6.84. The van der Waals surface area contributed by atoms with E-state index in [0.717, 1.165) is 25.1 Å². The van der Waals surface area contributed by atoms with Gasteiger partial charge in [0.15, 0.2) is 0 Å². The number of nitrogens with one attached hydrogen (secondary N) is 1. The first-order chi connectivity index (χ1) is 8.22. The van der Waals surface area contributed by atoms with Gasteiger partial charge in [0.2, 0.25) is 0 Å². The molecule has 0 aliphatic heterocycles. The molecule has 1 aromatic rings. The van der Waals surface area contributed by atoms with Gasteiger partial charge in [-0.25, -0.2) is 0 Å². The SMILES string of the molecule is CCCCOCC(O)CNCc1ccn(C)n1. The van der Waals surface area contributed by atoms with Crippen LogP contribution in [-0.2, 0) is 18.3 Å². The lowest BCUT2D eigenvalue weighted by Crippen LogP contribution is -2.30. The summed E-state index contributed by atoms with van der Waals surface area (Å²) in [4.78, 5) is 0. The molecule has 1 unspecified atom stereocenters. The molecule has 0 aliphatic rings. The molecule has 0 bridgehead atoms. The fraction of sp³-hybridized carbons (Fsp3) is 0.750. The molecule has 98 valence electrons. The van der Waals surface area contributed by atoms with E-state index in [1.165, 1.54) is 0 Å². The van der Waals surface area contributed by atoms with Crippen molar-refractivity contribution in [3.8, 4) is 0 Å². The topological polar surface area (TPSA) is 59.3 Å². The van der Waals surface area contributed by atoms with Crippen LogP contribution in [0.4, 0.5) is 0 Å². The largest absolute Gasteiger partial charge is 0.389 e. The summed E-state index contributed by atoms with van der Waals surface area (Å²) >= 11 is 0. The average molecular weight is 241 g/mol. The monoisotopic (exact) mass is 241 g/mol. The number of aliphatic hydroxyl groups excluding tert-OH is 1. The lowest BCUT2D eigenvalue weighted by atomic mass is 10.3. The van der Waals surface area contributed by atoms with E-state index in [-0.39, 0.29) is 0 Å². The molecule has 0 spiro atoms. The Hall–Kier alpha value is -0.910. The molecule has 0 amide bonds. The van der Waals surface area contributed by atoms with Gasteiger partial charge in [0.05, 0.1) is 18.4 Å². The lowest BCUT2D eigenvalue weighted by molar-refractivity contribution is 0.0357. The van der Waals surface area contributed by atoms with Crippen LogP contribution >= 0.6 is 0 Å². The van der Waals surface area contributed by atoms with Crippen molar-refractivity contribution < 1.29 is 9.84 Å². The van der Waals surface area contributed by atoms with Crippen LogP contribution in [0, 0.1) is 0 Å². The highest BCUT2D eigenvalue weighted by Gasteiger charge is 2.04. The Morgan fingerprint density at radius 3 is 3.06 bits per heavy atom. The maximum atomic E-state index is 9.62. The Bertz CT molecular complexity index is 302. The first-order valence-electron chi connectivity index (χ1n) is 6.17. The van der Waals surface area contributed by atoms with Gasteiger partial charge in [-0.1, -0.05) is 13.3 Å². The van der Waals surface area contributed by atoms with Gasteiger partial charge in [0.1, 0.15) is 0 Å². The summed E-state index contributed by atoms with van der Waals surface area (Å²) < 4.78 is 7.10. The van der Waals surface area contributed by atoms with Crippen LogP contribution in [0.5, 0.6) is 0 Å². The zero-order valence-corrected chi connectivity index (χ0v) is 10.7. The highest BCUT2D eigenvalue weighted by atomic mass is 16.5. The molecule has 0 saturated heterocycles. The summed E-state index contributed by atoms with van der Waals surface area (Å²) in [6, 6.07) is 1.96. The molecular weight excluding hydrogens is 218 g/mol. The van der Waals surface area contributed by atoms with Gasteiger partial charge in [-0.2, -0.15) is 5.10 Å². The van der Waals surface area contributed by atoms with Crippen molar-refractivity contribution in [1.82, 2.24) is 15.1 Å². The molecule has 0 aromatic carbocycles. The van der Waals surface area contributed by atoms with E-state index in [1.807, 2.05) is 19.3 Å². The molecule has 5 heteroatoms. The molecule has 1 aromatic heterocycles. The molecule has 1 atom stereocenters. The third kappa shape index (κ3) is 6.41. The number of unbranched alkanes of at least 4 members (excludes halogenated alkanes) is 1. The maximum absolute atomic E-state index is 9.62. The van der Waals surface area contributed by atoms with Gasteiger partial charge in [0, 0.05) is 32.9 Å². The number of rotatable bonds is 9. The second-order valence-electron chi connectivity index (χ2n) is 4.19. The summed E-state index contributed by atoms with van der Waals surface area (Å²) in [6.45, 7) is 4.45. The van der Waals surface area contributed by atoms with E-state index in [0.29, 0.717) is 19.7 Å². The van der Waals surface area contributed by atoms with Gasteiger partial charge >= 0.3 is 0 Å². The molecule has 0 radical (unpaired) electrons. The van der Waals surface area contributed by atoms with Crippen molar-refractivity contribution >= 4 is 0 Å². The number of aromatic nitrogens is 2. The fourth-order valence-electron chi connectivity index (χ4n) is 1.45. The minimum Gasteiger partial charge on any atom is -0.389 e. The zero-order chi connectivity index (χ0) is 12.5. The van der Waals surface area contributed by atoms with Gasteiger partial charge < -0.3 is 15.2 Å². The predicted octanol–water partition coefficient (Wildman–Crippen LogP) is 0.687. The van der Waals surface area contributed by atoms with E-state index in [2.05, 4.69) is 17.3 Å². The number of nitrogens with zero attached hydrogens (tertiary/aromatic N) is 2. The van der Waals surface area contributed by atoms with Crippen LogP contribution in [0.1, 0.15) is 25.5 Å². The fourth-order valence-corrected chi connectivity index (χ4v) is 1.45. The third-order valence-electron chi connectivity index (χ3n) is 2.41. The Morgan fingerprint density at radius 1 is 1.59 bits per heavy atom. The van der Waals surface area contributed by atoms with Gasteiger partial charge in [-0.3, -0.25) is 4.68 Å². The van der Waals surface area contributed by atoms with Gasteiger partial charge in [0.25, 0.3) is 0 Å². The summed E-state index contributed by atoms with van der Waals surface area (Å²) in [7, 11) is 1.89. The van der Waals surface area contributed by atoms with E-state index in [9.17, 15) is 5.11 Å². The van der Waals surface area contributed by atoms with E-state index in [1.54, 1.807) is 4.68 Å². The van der Waals surface area contributed by atoms with Gasteiger partial charge in [-0.05, 0) is 12.5 Å². The van der Waals surface area contributed by atoms with E-state index < -0.39 is 6.10 Å². The second-order valence-corrected chi connectivity index (χ2v) is 4.19. The number of ether oxygens (including phenoxy) is 1. The van der Waals surface area contributed by atoms with Crippen molar-refractivity contribution in [2.24, 2.45) is 7.05 Å². The Morgan fingerprint density at radius 2 is 2.41 bits per heavy atom. The second kappa shape index (κ2) is 8.22. The summed E-state index contributed by atoms with van der Waals surface area (Å²) in [5.74, 6) is 0. The molecule has 0 fully saturated rings. The number of hydrogen-bond acceptors (Lipinski definition) is 4. The van der Waals surface area contributed by atoms with E-state index in [4.69, 9.17) is 4.74 Å². The van der Waals surface area contributed by atoms with Crippen LogP contribution in [0.15, 0.2) is 12.3 Å². The molecule has 17 heavy (non-hydrogen) atoms. The highest BCUT2D eigenvalue weighted by Crippen LogP contribution is 1.94. The predicted molar refractivity (Wildman–Crippen MR) is 66.6 cm³/mol. The van der Waals surface area contributed by atoms with Crippen LogP contribution in [-0.4, -0.2) is 40.7 Å². The summed E-state index contributed by atoms with van der Waals surface area (Å²) in [6.07, 6.45) is 3.62. The van der Waals surface area contributed by atoms with Gasteiger partial charge in [-0.15, -0.1) is 0 Å². The van der Waals surface area contributed by atoms with Crippen LogP contribution in [0.2, 0.25) is 0 Å². The minimum absolute atomic E-state index is 0.398. The Labute approximate surface area is 103 Å². The molecule has 0 aliphatic carbocycles. The smallest absolute Gasteiger partial charge is 0.0897 e. The molecular formula is C12H23N3O2. The van der Waals surface area contributed by atoms with Crippen LogP contribution < -0.4 is 5.32 Å². The number of hydrogen-bond donors (Lipinski definition) is 2. The first kappa shape index (κ1) is 14.2. The summed E-state index contributed by atoms with van der Waals surface area (Å²) in [5.41, 5.74) is 0.978. The average Bonchev–Trinajstić information content (AvgIpc) is 2.71. The minimum atomic E-state index is -0.449. The maximum Gasteiger partial charge on any atom is 0.0897 e. The third-order valence-corrected chi connectivity index (χ3v) is 2.41. The van der Waals surface area contributed by atoms with Crippen molar-refractivity contribution in [3.63, 3.8) is 0 Å². The van der Waals surface area contributed by atoms with Crippen molar-refractivity contribution in [2.45, 2.75) is 32.4 Å². The molecule has 2 N–H and O–H groups in total. The Balaban J connectivity index is 2.02. The first-order valence-corrected chi connectivity index (χ1v) is 6.17. The normalized spacial score (nSPS) is 12.9. The molecule has 0 saturated carbocycles. The highest BCUT2D eigenvalue weighted by molar-refractivity contribution is 4.97. The van der Waals surface area contributed by atoms with Crippen molar-refractivity contribution in [3.05, 3.63) is 18.0 Å². The quantitative estimate of drug-likeness (QED) is 0.624. The van der Waals surface area contributed by atoms with Crippen LogP contribution in [0.3, 0.4) is 0 Å². The number of aryl methyl sites for hydroxylation is 1. The summed E-state index contributed by atoms with van der Waals surface area (Å²) in [5, 5.41) is 17.0. The molecule has 1 heterocycles.